The van der Waals surface area contributed by atoms with Gasteiger partial charge in [-0.3, -0.25) is 4.79 Å². The van der Waals surface area contributed by atoms with Crippen LogP contribution in [0, 0.1) is 18.9 Å². The van der Waals surface area contributed by atoms with Crippen LogP contribution in [0.5, 0.6) is 0 Å². The van der Waals surface area contributed by atoms with Crippen LogP contribution >= 0.6 is 11.6 Å². The zero-order chi connectivity index (χ0) is 12.6. The van der Waals surface area contributed by atoms with E-state index in [2.05, 4.69) is 6.08 Å². The van der Waals surface area contributed by atoms with Crippen LogP contribution in [0.15, 0.2) is 18.2 Å². The van der Waals surface area contributed by atoms with E-state index in [1.807, 2.05) is 32.0 Å². The summed E-state index contributed by atoms with van der Waals surface area (Å²) >= 11 is 5.93. The van der Waals surface area contributed by atoms with Crippen LogP contribution in [0.25, 0.3) is 5.70 Å². The number of carbonyl (C=O) groups excluding carboxylic acids is 1. The topological polar surface area (TPSA) is 20.3 Å². The Labute approximate surface area is 138 Å². The van der Waals surface area contributed by atoms with E-state index >= 15 is 0 Å². The van der Waals surface area contributed by atoms with Crippen LogP contribution in [0.1, 0.15) is 24.5 Å². The molecule has 0 saturated heterocycles. The van der Waals surface area contributed by atoms with E-state index in [9.17, 15) is 4.79 Å². The van der Waals surface area contributed by atoms with Crippen molar-refractivity contribution in [2.75, 3.05) is 7.05 Å². The van der Waals surface area contributed by atoms with E-state index in [1.54, 1.807) is 11.9 Å². The monoisotopic (exact) mass is 337 g/mol. The maximum absolute atomic E-state index is 11.9. The molecule has 0 fully saturated rings. The third-order valence-corrected chi connectivity index (χ3v) is 3.34. The number of hydrogen-bond donors (Lipinski definition) is 0. The third kappa shape index (κ3) is 3.04. The van der Waals surface area contributed by atoms with Gasteiger partial charge in [0.05, 0.1) is 0 Å². The smallest absolute Gasteiger partial charge is 0.225 e. The molecule has 0 N–H and O–H groups in total. The predicted octanol–water partition coefficient (Wildman–Crippen LogP) is 3.29. The van der Waals surface area contributed by atoms with Crippen LogP contribution in [0.2, 0.25) is 5.02 Å². The van der Waals surface area contributed by atoms with E-state index in [0.717, 1.165) is 16.8 Å². The van der Waals surface area contributed by atoms with Gasteiger partial charge in [0.25, 0.3) is 0 Å². The number of halogens is 1. The average Bonchev–Trinajstić information content (AvgIpc) is 2.28. The molecule has 0 bridgehead atoms. The van der Waals surface area contributed by atoms with Crippen LogP contribution in [-0.2, 0) is 37.5 Å². The van der Waals surface area contributed by atoms with E-state index in [0.29, 0.717) is 11.4 Å². The molecule has 1 heterocycles. The first-order chi connectivity index (χ1) is 8.00. The summed E-state index contributed by atoms with van der Waals surface area (Å²) in [6.45, 7) is 3.92. The Balaban J connectivity index is 0.00000162. The molecule has 0 aromatic heterocycles. The first-order valence-electron chi connectivity index (χ1n) is 5.65. The summed E-state index contributed by atoms with van der Waals surface area (Å²) in [7, 11) is 1.80. The summed E-state index contributed by atoms with van der Waals surface area (Å²) in [6, 6.07) is 5.69. The number of benzene rings is 1. The van der Waals surface area contributed by atoms with Gasteiger partial charge >= 0.3 is 0 Å². The maximum atomic E-state index is 11.9. The molecule has 1 unspecified atom stereocenters. The van der Waals surface area contributed by atoms with Gasteiger partial charge in [-0.15, -0.1) is 22.9 Å². The Morgan fingerprint density at radius 1 is 1.44 bits per heavy atom. The van der Waals surface area contributed by atoms with Crippen molar-refractivity contribution in [3.05, 3.63) is 40.4 Å². The molecule has 1 radical (unpaired) electrons. The fourth-order valence-corrected chi connectivity index (χ4v) is 2.29. The molecule has 0 aliphatic carbocycles. The molecule has 1 aromatic carbocycles. The van der Waals surface area contributed by atoms with E-state index in [1.165, 1.54) is 0 Å². The maximum Gasteiger partial charge on any atom is 0.225 e. The largest absolute Gasteiger partial charge is 0.350 e. The molecule has 1 aliphatic heterocycles. The van der Waals surface area contributed by atoms with Crippen molar-refractivity contribution in [2.24, 2.45) is 5.92 Å². The zero-order valence-electron chi connectivity index (χ0n) is 10.8. The normalized spacial score (nSPS) is 19.3. The molecule has 18 heavy (non-hydrogen) atoms. The fourth-order valence-electron chi connectivity index (χ4n) is 2.07. The Morgan fingerprint density at radius 3 is 2.72 bits per heavy atom. The number of nitrogens with zero attached hydrogens (tertiary/aromatic N) is 1. The first-order valence-corrected chi connectivity index (χ1v) is 6.03. The SMILES string of the molecule is Cc1cc(Cl)ccc1C1=[C-]CC(C)C(=O)N1C.[Y]. The molecule has 0 spiro atoms. The molecule has 1 aromatic rings. The van der Waals surface area contributed by atoms with Crippen molar-refractivity contribution >= 4 is 23.2 Å². The molecular weight excluding hydrogens is 323 g/mol. The number of rotatable bonds is 1. The Kier molecular flexibility index (Phi) is 5.57. The summed E-state index contributed by atoms with van der Waals surface area (Å²) in [5.74, 6) is 0.171. The fraction of sp³-hybridized carbons (Fsp3) is 0.357. The van der Waals surface area contributed by atoms with Gasteiger partial charge in [-0.2, -0.15) is 0 Å². The number of amides is 1. The second-order valence-corrected chi connectivity index (χ2v) is 4.92. The molecule has 0 saturated carbocycles. The number of aryl methyl sites for hydroxylation is 1. The first kappa shape index (κ1) is 15.9. The third-order valence-electron chi connectivity index (χ3n) is 3.11. The van der Waals surface area contributed by atoms with Crippen molar-refractivity contribution in [2.45, 2.75) is 20.3 Å². The second kappa shape index (κ2) is 6.32. The van der Waals surface area contributed by atoms with Gasteiger partial charge in [-0.1, -0.05) is 44.0 Å². The number of carbonyl (C=O) groups is 1. The Hall–Kier alpha value is -0.176. The van der Waals surface area contributed by atoms with E-state index in [4.69, 9.17) is 11.6 Å². The van der Waals surface area contributed by atoms with Gasteiger partial charge in [-0.25, -0.2) is 6.08 Å². The van der Waals surface area contributed by atoms with Gasteiger partial charge in [0.2, 0.25) is 5.91 Å². The zero-order valence-corrected chi connectivity index (χ0v) is 14.4. The molecule has 1 amide bonds. The second-order valence-electron chi connectivity index (χ2n) is 4.49. The van der Waals surface area contributed by atoms with Gasteiger partial charge in [0, 0.05) is 50.7 Å². The average molecular weight is 338 g/mol. The summed E-state index contributed by atoms with van der Waals surface area (Å²) < 4.78 is 0. The van der Waals surface area contributed by atoms with Crippen molar-refractivity contribution in [1.82, 2.24) is 4.90 Å². The Bertz CT molecular complexity index is 499. The van der Waals surface area contributed by atoms with Crippen molar-refractivity contribution < 1.29 is 37.5 Å². The number of allylic oxidation sites excluding steroid dienone is 1. The van der Waals surface area contributed by atoms with E-state index < -0.39 is 0 Å². The molecule has 4 heteroatoms. The minimum Gasteiger partial charge on any atom is -0.350 e. The van der Waals surface area contributed by atoms with Gasteiger partial charge in [-0.05, 0) is 0 Å². The van der Waals surface area contributed by atoms with Crippen LogP contribution in [0.4, 0.5) is 0 Å². The predicted molar refractivity (Wildman–Crippen MR) is 69.4 cm³/mol. The summed E-state index contributed by atoms with van der Waals surface area (Å²) in [5.41, 5.74) is 2.95. The minimum atomic E-state index is 0. The molecule has 1 atom stereocenters. The number of hydrogen-bond acceptors (Lipinski definition) is 1. The molecule has 2 rings (SSSR count). The summed E-state index contributed by atoms with van der Waals surface area (Å²) in [4.78, 5) is 13.6. The summed E-state index contributed by atoms with van der Waals surface area (Å²) in [6.07, 6.45) is 3.99. The standard InChI is InChI=1S/C14H15ClNO.Y/c1-9-4-7-13(16(3)14(9)17)12-6-5-11(15)8-10(12)2;/h5-6,8-9H,4H2,1-3H3;/q-1;. The minimum absolute atomic E-state index is 0. The van der Waals surface area contributed by atoms with E-state index in [-0.39, 0.29) is 44.5 Å². The van der Waals surface area contributed by atoms with Crippen molar-refractivity contribution in [3.63, 3.8) is 0 Å². The molecule has 1 aliphatic rings. The van der Waals surface area contributed by atoms with Crippen molar-refractivity contribution in [1.29, 1.82) is 0 Å². The Morgan fingerprint density at radius 2 is 2.11 bits per heavy atom. The van der Waals surface area contributed by atoms with Crippen LogP contribution in [-0.4, -0.2) is 17.9 Å². The van der Waals surface area contributed by atoms with Crippen LogP contribution < -0.4 is 0 Å². The molecule has 93 valence electrons. The van der Waals surface area contributed by atoms with Crippen molar-refractivity contribution in [3.8, 4) is 0 Å². The quantitative estimate of drug-likeness (QED) is 0.720. The van der Waals surface area contributed by atoms with Crippen LogP contribution in [0.3, 0.4) is 0 Å². The van der Waals surface area contributed by atoms with Gasteiger partial charge in [0.1, 0.15) is 0 Å². The summed E-state index contributed by atoms with van der Waals surface area (Å²) in [5, 5.41) is 0.713. The van der Waals surface area contributed by atoms with Gasteiger partial charge in [0.15, 0.2) is 0 Å². The molecular formula is C14H15ClNOY-. The van der Waals surface area contributed by atoms with Gasteiger partial charge < -0.3 is 4.90 Å². The molecule has 2 nitrogen and oxygen atoms in total.